The van der Waals surface area contributed by atoms with E-state index in [0.29, 0.717) is 12.0 Å². The Labute approximate surface area is 167 Å². The molecule has 0 saturated carbocycles. The van der Waals surface area contributed by atoms with Crippen LogP contribution in [0.3, 0.4) is 0 Å². The second-order valence-corrected chi connectivity index (χ2v) is 8.85. The molecule has 0 aromatic heterocycles. The molecule has 0 heterocycles. The smallest absolute Gasteiger partial charge is 0.251 e. The Morgan fingerprint density at radius 2 is 1.79 bits per heavy atom. The predicted octanol–water partition coefficient (Wildman–Crippen LogP) is 3.61. The van der Waals surface area contributed by atoms with E-state index in [1.807, 2.05) is 31.2 Å². The number of benzene rings is 2. The molecule has 1 unspecified atom stereocenters. The summed E-state index contributed by atoms with van der Waals surface area (Å²) in [6, 6.07) is 13.3. The van der Waals surface area contributed by atoms with Crippen LogP contribution in [-0.2, 0) is 10.0 Å². The fourth-order valence-corrected chi connectivity index (χ4v) is 4.15. The lowest BCUT2D eigenvalue weighted by molar-refractivity contribution is 0.0935. The summed E-state index contributed by atoms with van der Waals surface area (Å²) in [5, 5.41) is 2.98. The molecular formula is C21H28N2O4S. The molecule has 6 nitrogen and oxygen atoms in total. The van der Waals surface area contributed by atoms with E-state index in [-0.39, 0.29) is 22.9 Å². The zero-order valence-corrected chi connectivity index (χ0v) is 17.8. The fraction of sp³-hybridized carbons (Fsp3) is 0.381. The van der Waals surface area contributed by atoms with Gasteiger partial charge in [0, 0.05) is 18.7 Å². The molecular weight excluding hydrogens is 376 g/mol. The molecule has 0 radical (unpaired) electrons. The van der Waals surface area contributed by atoms with Gasteiger partial charge in [0.1, 0.15) is 5.75 Å². The number of methoxy groups -OCH3 is 1. The highest BCUT2D eigenvalue weighted by atomic mass is 32.2. The van der Waals surface area contributed by atoms with E-state index in [4.69, 9.17) is 4.74 Å². The largest absolute Gasteiger partial charge is 0.497 e. The van der Waals surface area contributed by atoms with Crippen LogP contribution in [-0.4, -0.2) is 38.8 Å². The van der Waals surface area contributed by atoms with Gasteiger partial charge in [-0.2, -0.15) is 4.31 Å². The third-order valence-corrected chi connectivity index (χ3v) is 6.76. The number of amides is 1. The highest BCUT2D eigenvalue weighted by Crippen LogP contribution is 2.22. The van der Waals surface area contributed by atoms with Gasteiger partial charge >= 0.3 is 0 Å². The lowest BCUT2D eigenvalue weighted by Crippen LogP contribution is -2.33. The molecule has 0 aliphatic carbocycles. The standard InChI is InChI=1S/C21H28N2O4S/c1-6-20(16-10-12-18(27-5)13-11-16)22-21(24)17-8-7-9-19(14-17)28(25,26)23(4)15(2)3/h7-15,20H,6H2,1-5H3,(H,22,24). The van der Waals surface area contributed by atoms with Crippen molar-refractivity contribution < 1.29 is 17.9 Å². The average Bonchev–Trinajstić information content (AvgIpc) is 2.71. The minimum absolute atomic E-state index is 0.105. The summed E-state index contributed by atoms with van der Waals surface area (Å²) < 4.78 is 31.8. The van der Waals surface area contributed by atoms with E-state index < -0.39 is 10.0 Å². The first-order valence-electron chi connectivity index (χ1n) is 9.23. The number of nitrogens with one attached hydrogen (secondary N) is 1. The number of hydrogen-bond acceptors (Lipinski definition) is 4. The number of ether oxygens (including phenoxy) is 1. The Bertz CT molecular complexity index is 908. The second-order valence-electron chi connectivity index (χ2n) is 6.85. The molecule has 0 aliphatic rings. The van der Waals surface area contributed by atoms with Crippen molar-refractivity contribution in [2.45, 2.75) is 44.2 Å². The highest BCUT2D eigenvalue weighted by Gasteiger charge is 2.24. The van der Waals surface area contributed by atoms with E-state index in [9.17, 15) is 13.2 Å². The van der Waals surface area contributed by atoms with Gasteiger partial charge in [-0.05, 0) is 56.2 Å². The lowest BCUT2D eigenvalue weighted by Gasteiger charge is -2.21. The van der Waals surface area contributed by atoms with Crippen LogP contribution < -0.4 is 10.1 Å². The molecule has 28 heavy (non-hydrogen) atoms. The van der Waals surface area contributed by atoms with Crippen molar-refractivity contribution in [1.29, 1.82) is 0 Å². The van der Waals surface area contributed by atoms with Crippen LogP contribution in [0, 0.1) is 0 Å². The van der Waals surface area contributed by atoms with Crippen LogP contribution in [0.2, 0.25) is 0 Å². The highest BCUT2D eigenvalue weighted by molar-refractivity contribution is 7.89. The summed E-state index contributed by atoms with van der Waals surface area (Å²) in [7, 11) is -0.514. The number of carbonyl (C=O) groups is 1. The average molecular weight is 405 g/mol. The molecule has 2 aromatic carbocycles. The number of sulfonamides is 1. The molecule has 1 N–H and O–H groups in total. The van der Waals surface area contributed by atoms with Crippen molar-refractivity contribution in [3.63, 3.8) is 0 Å². The number of hydrogen-bond donors (Lipinski definition) is 1. The zero-order chi connectivity index (χ0) is 20.9. The number of nitrogens with zero attached hydrogens (tertiary/aromatic N) is 1. The van der Waals surface area contributed by atoms with Crippen LogP contribution in [0.5, 0.6) is 5.75 Å². The first-order chi connectivity index (χ1) is 13.2. The third-order valence-electron chi connectivity index (χ3n) is 4.73. The van der Waals surface area contributed by atoms with Gasteiger partial charge in [-0.3, -0.25) is 4.79 Å². The first kappa shape index (κ1) is 21.9. The first-order valence-corrected chi connectivity index (χ1v) is 10.7. The fourth-order valence-electron chi connectivity index (χ4n) is 2.74. The normalized spacial score (nSPS) is 12.8. The van der Waals surface area contributed by atoms with Crippen LogP contribution in [0.1, 0.15) is 49.2 Å². The molecule has 7 heteroatoms. The van der Waals surface area contributed by atoms with Crippen LogP contribution in [0.25, 0.3) is 0 Å². The molecule has 1 amide bonds. The number of carbonyl (C=O) groups excluding carboxylic acids is 1. The van der Waals surface area contributed by atoms with Crippen LogP contribution in [0.15, 0.2) is 53.4 Å². The summed E-state index contributed by atoms with van der Waals surface area (Å²) in [6.07, 6.45) is 0.701. The molecule has 2 aromatic rings. The topological polar surface area (TPSA) is 75.7 Å². The molecule has 1 atom stereocenters. The van der Waals surface area contributed by atoms with Gasteiger partial charge in [-0.1, -0.05) is 25.1 Å². The zero-order valence-electron chi connectivity index (χ0n) is 17.0. The van der Waals surface area contributed by atoms with Crippen molar-refractivity contribution >= 4 is 15.9 Å². The van der Waals surface area contributed by atoms with Crippen molar-refractivity contribution in [3.8, 4) is 5.75 Å². The van der Waals surface area contributed by atoms with E-state index in [0.717, 1.165) is 11.3 Å². The maximum Gasteiger partial charge on any atom is 0.251 e. The van der Waals surface area contributed by atoms with Gasteiger partial charge in [0.2, 0.25) is 10.0 Å². The predicted molar refractivity (Wildman–Crippen MR) is 110 cm³/mol. The molecule has 0 saturated heterocycles. The van der Waals surface area contributed by atoms with Gasteiger partial charge in [-0.25, -0.2) is 8.42 Å². The van der Waals surface area contributed by atoms with E-state index in [1.165, 1.54) is 23.5 Å². The Morgan fingerprint density at radius 1 is 1.14 bits per heavy atom. The minimum Gasteiger partial charge on any atom is -0.497 e. The van der Waals surface area contributed by atoms with Crippen LogP contribution in [0.4, 0.5) is 0 Å². The second kappa shape index (κ2) is 9.21. The van der Waals surface area contributed by atoms with Crippen molar-refractivity contribution in [2.24, 2.45) is 0 Å². The van der Waals surface area contributed by atoms with Crippen molar-refractivity contribution in [1.82, 2.24) is 9.62 Å². The van der Waals surface area contributed by atoms with Crippen molar-refractivity contribution in [3.05, 3.63) is 59.7 Å². The summed E-state index contributed by atoms with van der Waals surface area (Å²) in [5.41, 5.74) is 1.27. The van der Waals surface area contributed by atoms with Gasteiger partial charge in [0.25, 0.3) is 5.91 Å². The van der Waals surface area contributed by atoms with E-state index >= 15 is 0 Å². The minimum atomic E-state index is -3.65. The number of rotatable bonds is 8. The van der Waals surface area contributed by atoms with Gasteiger partial charge in [0.05, 0.1) is 18.0 Å². The molecule has 0 aliphatic heterocycles. The van der Waals surface area contributed by atoms with Gasteiger partial charge in [-0.15, -0.1) is 0 Å². The summed E-state index contributed by atoms with van der Waals surface area (Å²) in [5.74, 6) is 0.434. The van der Waals surface area contributed by atoms with E-state index in [2.05, 4.69) is 5.32 Å². The molecule has 0 spiro atoms. The Hall–Kier alpha value is -2.38. The summed E-state index contributed by atoms with van der Waals surface area (Å²) in [4.78, 5) is 12.9. The maximum absolute atomic E-state index is 12.7. The van der Waals surface area contributed by atoms with Crippen molar-refractivity contribution in [2.75, 3.05) is 14.2 Å². The lowest BCUT2D eigenvalue weighted by atomic mass is 10.0. The molecule has 2 rings (SSSR count). The Kier molecular flexibility index (Phi) is 7.21. The van der Waals surface area contributed by atoms with Crippen LogP contribution >= 0.6 is 0 Å². The third kappa shape index (κ3) is 4.91. The quantitative estimate of drug-likeness (QED) is 0.729. The molecule has 0 fully saturated rings. The SMILES string of the molecule is CCC(NC(=O)c1cccc(S(=O)(=O)N(C)C(C)C)c1)c1ccc(OC)cc1. The molecule has 0 bridgehead atoms. The Balaban J connectivity index is 2.24. The summed E-state index contributed by atoms with van der Waals surface area (Å²) in [6.45, 7) is 5.58. The molecule has 152 valence electrons. The maximum atomic E-state index is 12.7. The van der Waals surface area contributed by atoms with Gasteiger partial charge in [0.15, 0.2) is 0 Å². The Morgan fingerprint density at radius 3 is 2.32 bits per heavy atom. The summed E-state index contributed by atoms with van der Waals surface area (Å²) >= 11 is 0. The monoisotopic (exact) mass is 404 g/mol. The van der Waals surface area contributed by atoms with Gasteiger partial charge < -0.3 is 10.1 Å². The van der Waals surface area contributed by atoms with E-state index in [1.54, 1.807) is 33.1 Å².